The van der Waals surface area contributed by atoms with Crippen molar-refractivity contribution in [3.8, 4) is 0 Å². The van der Waals surface area contributed by atoms with Crippen molar-refractivity contribution in [2.45, 2.75) is 26.6 Å². The number of nitrogens with zero attached hydrogens (tertiary/aromatic N) is 3. The van der Waals surface area contributed by atoms with Crippen molar-refractivity contribution < 1.29 is 18.0 Å². The van der Waals surface area contributed by atoms with Gasteiger partial charge in [-0.25, -0.2) is 4.98 Å². The van der Waals surface area contributed by atoms with Crippen LogP contribution in [-0.2, 0) is 6.54 Å². The number of hydrogen-bond acceptors (Lipinski definition) is 3. The molecule has 8 heteroatoms. The van der Waals surface area contributed by atoms with E-state index in [2.05, 4.69) is 4.98 Å². The molecule has 0 fully saturated rings. The van der Waals surface area contributed by atoms with Gasteiger partial charge < -0.3 is 15.2 Å². The van der Waals surface area contributed by atoms with Crippen LogP contribution in [0.1, 0.15) is 24.3 Å². The van der Waals surface area contributed by atoms with Crippen LogP contribution in [0.4, 0.5) is 13.2 Å². The van der Waals surface area contributed by atoms with Crippen molar-refractivity contribution in [1.82, 2.24) is 14.5 Å². The van der Waals surface area contributed by atoms with Gasteiger partial charge in [0, 0.05) is 25.8 Å². The summed E-state index contributed by atoms with van der Waals surface area (Å²) < 4.78 is 39.1. The number of hydrogen-bond donors (Lipinski definition) is 1. The second-order valence-corrected chi connectivity index (χ2v) is 4.98. The number of imidazole rings is 1. The van der Waals surface area contributed by atoms with Crippen LogP contribution in [0.15, 0.2) is 12.5 Å². The lowest BCUT2D eigenvalue weighted by atomic mass is 10.2. The Labute approximate surface area is 115 Å². The minimum atomic E-state index is -4.43. The van der Waals surface area contributed by atoms with Crippen molar-refractivity contribution in [2.75, 3.05) is 19.6 Å². The lowest BCUT2D eigenvalue weighted by Crippen LogP contribution is -2.41. The highest BCUT2D eigenvalue weighted by Crippen LogP contribution is 2.18. The van der Waals surface area contributed by atoms with E-state index >= 15 is 0 Å². The van der Waals surface area contributed by atoms with E-state index in [0.29, 0.717) is 13.1 Å². The fourth-order valence-electron chi connectivity index (χ4n) is 1.78. The van der Waals surface area contributed by atoms with E-state index in [1.54, 1.807) is 18.4 Å². The molecular formula is C12H19F3N4O. The summed E-state index contributed by atoms with van der Waals surface area (Å²) >= 11 is 0. The van der Waals surface area contributed by atoms with Gasteiger partial charge in [-0.1, -0.05) is 13.8 Å². The van der Waals surface area contributed by atoms with Gasteiger partial charge in [-0.2, -0.15) is 13.2 Å². The summed E-state index contributed by atoms with van der Waals surface area (Å²) in [6, 6.07) is 0. The van der Waals surface area contributed by atoms with E-state index in [1.807, 2.05) is 0 Å². The van der Waals surface area contributed by atoms with Crippen LogP contribution in [0, 0.1) is 5.92 Å². The number of carbonyl (C=O) groups excluding carboxylic acids is 1. The van der Waals surface area contributed by atoms with Gasteiger partial charge in [0.05, 0.1) is 6.33 Å². The molecule has 114 valence electrons. The minimum Gasteiger partial charge on any atom is -0.335 e. The monoisotopic (exact) mass is 292 g/mol. The van der Waals surface area contributed by atoms with Gasteiger partial charge in [-0.3, -0.25) is 4.79 Å². The maximum Gasteiger partial charge on any atom is 0.406 e. The molecule has 5 nitrogen and oxygen atoms in total. The second-order valence-electron chi connectivity index (χ2n) is 4.98. The van der Waals surface area contributed by atoms with Crippen LogP contribution in [0.3, 0.4) is 0 Å². The molecule has 0 bridgehead atoms. The van der Waals surface area contributed by atoms with Gasteiger partial charge in [0.2, 0.25) is 0 Å². The highest BCUT2D eigenvalue weighted by atomic mass is 19.4. The fraction of sp³-hybridized carbons (Fsp3) is 0.667. The topological polar surface area (TPSA) is 64.2 Å². The number of halogens is 3. The van der Waals surface area contributed by atoms with Crippen LogP contribution in [0.25, 0.3) is 0 Å². The highest BCUT2D eigenvalue weighted by Gasteiger charge is 2.34. The number of carbonyl (C=O) groups is 1. The van der Waals surface area contributed by atoms with Crippen molar-refractivity contribution in [3.63, 3.8) is 0 Å². The Morgan fingerprint density at radius 3 is 2.65 bits per heavy atom. The Bertz CT molecular complexity index is 442. The van der Waals surface area contributed by atoms with Gasteiger partial charge in [0.25, 0.3) is 5.91 Å². The molecule has 0 aliphatic carbocycles. The van der Waals surface area contributed by atoms with Crippen LogP contribution in [0.2, 0.25) is 0 Å². The van der Waals surface area contributed by atoms with E-state index in [4.69, 9.17) is 5.73 Å². The molecule has 1 rings (SSSR count). The normalized spacial score (nSPS) is 11.9. The first-order chi connectivity index (χ1) is 9.23. The molecule has 0 aliphatic heterocycles. The smallest absolute Gasteiger partial charge is 0.335 e. The van der Waals surface area contributed by atoms with E-state index < -0.39 is 18.6 Å². The molecule has 0 spiro atoms. The van der Waals surface area contributed by atoms with Gasteiger partial charge >= 0.3 is 6.18 Å². The summed E-state index contributed by atoms with van der Waals surface area (Å²) in [6.45, 7) is 3.09. The Morgan fingerprint density at radius 2 is 2.15 bits per heavy atom. The summed E-state index contributed by atoms with van der Waals surface area (Å²) in [6.07, 6.45) is -1.62. The molecule has 0 aromatic carbocycles. The van der Waals surface area contributed by atoms with Crippen molar-refractivity contribution in [3.05, 3.63) is 18.2 Å². The van der Waals surface area contributed by atoms with E-state index in [9.17, 15) is 18.0 Å². The number of aromatic nitrogens is 2. The molecule has 0 saturated heterocycles. The Hall–Kier alpha value is -1.57. The first-order valence-electron chi connectivity index (χ1n) is 6.30. The van der Waals surface area contributed by atoms with E-state index in [0.717, 1.165) is 4.90 Å². The van der Waals surface area contributed by atoms with Crippen LogP contribution in [0.5, 0.6) is 0 Å². The van der Waals surface area contributed by atoms with Crippen molar-refractivity contribution in [1.29, 1.82) is 0 Å². The molecule has 0 saturated carbocycles. The van der Waals surface area contributed by atoms with Crippen molar-refractivity contribution >= 4 is 5.91 Å². The molecule has 20 heavy (non-hydrogen) atoms. The summed E-state index contributed by atoms with van der Waals surface area (Å²) in [5.74, 6) is -0.778. The molecule has 1 amide bonds. The predicted molar refractivity (Wildman–Crippen MR) is 68.1 cm³/mol. The van der Waals surface area contributed by atoms with Gasteiger partial charge in [0.1, 0.15) is 12.2 Å². The Balaban J connectivity index is 2.85. The summed E-state index contributed by atoms with van der Waals surface area (Å²) in [5.41, 5.74) is 5.37. The molecule has 0 atom stereocenters. The van der Waals surface area contributed by atoms with E-state index in [1.165, 1.54) is 12.5 Å². The summed E-state index contributed by atoms with van der Waals surface area (Å²) in [5, 5.41) is 0. The molecule has 0 aliphatic rings. The minimum absolute atomic E-state index is 0.00310. The third kappa shape index (κ3) is 5.20. The lowest BCUT2D eigenvalue weighted by molar-refractivity contribution is -0.141. The molecule has 2 N–H and O–H groups in total. The zero-order valence-corrected chi connectivity index (χ0v) is 11.5. The first-order valence-corrected chi connectivity index (χ1v) is 6.30. The fourth-order valence-corrected chi connectivity index (χ4v) is 1.78. The lowest BCUT2D eigenvalue weighted by Gasteiger charge is -2.24. The maximum absolute atomic E-state index is 12.5. The standard InChI is InChI=1S/C12H19F3N4O/c1-9(2)5-19(7-12(13,14)15)11(20)10-6-18(4-3-16)8-17-10/h6,8-9H,3-5,7,16H2,1-2H3. The number of amides is 1. The largest absolute Gasteiger partial charge is 0.406 e. The number of rotatable bonds is 6. The number of alkyl halides is 3. The molecule has 1 aromatic heterocycles. The van der Waals surface area contributed by atoms with Crippen LogP contribution >= 0.6 is 0 Å². The molecular weight excluding hydrogens is 273 g/mol. The quantitative estimate of drug-likeness (QED) is 0.864. The average molecular weight is 292 g/mol. The van der Waals surface area contributed by atoms with Gasteiger partial charge in [0.15, 0.2) is 0 Å². The number of nitrogens with two attached hydrogens (primary N) is 1. The second kappa shape index (κ2) is 6.74. The zero-order chi connectivity index (χ0) is 15.3. The SMILES string of the molecule is CC(C)CN(CC(F)(F)F)C(=O)c1cn(CCN)cn1. The van der Waals surface area contributed by atoms with Crippen LogP contribution in [-0.4, -0.2) is 46.2 Å². The Kier molecular flexibility index (Phi) is 5.55. The predicted octanol–water partition coefficient (Wildman–Crippen LogP) is 1.50. The van der Waals surface area contributed by atoms with Gasteiger partial charge in [-0.15, -0.1) is 0 Å². The molecule has 1 heterocycles. The average Bonchev–Trinajstić information content (AvgIpc) is 2.73. The first kappa shape index (κ1) is 16.5. The van der Waals surface area contributed by atoms with Gasteiger partial charge in [-0.05, 0) is 5.92 Å². The molecule has 0 radical (unpaired) electrons. The third-order valence-corrected chi connectivity index (χ3v) is 2.48. The maximum atomic E-state index is 12.5. The third-order valence-electron chi connectivity index (χ3n) is 2.48. The van der Waals surface area contributed by atoms with Crippen LogP contribution < -0.4 is 5.73 Å². The van der Waals surface area contributed by atoms with Crippen molar-refractivity contribution in [2.24, 2.45) is 11.7 Å². The molecule has 0 unspecified atom stereocenters. The van der Waals surface area contributed by atoms with E-state index in [-0.39, 0.29) is 18.2 Å². The zero-order valence-electron chi connectivity index (χ0n) is 11.5. The molecule has 1 aromatic rings. The highest BCUT2D eigenvalue weighted by molar-refractivity contribution is 5.92. The summed E-state index contributed by atoms with van der Waals surface area (Å²) in [4.78, 5) is 16.7. The summed E-state index contributed by atoms with van der Waals surface area (Å²) in [7, 11) is 0. The Morgan fingerprint density at radius 1 is 1.50 bits per heavy atom.